The Morgan fingerprint density at radius 3 is 2.91 bits per heavy atom. The molecule has 3 heterocycles. The number of hydrogen-bond acceptors (Lipinski definition) is 4. The van der Waals surface area contributed by atoms with Crippen molar-refractivity contribution in [1.29, 1.82) is 0 Å². The van der Waals surface area contributed by atoms with Crippen molar-refractivity contribution < 1.29 is 9.47 Å². The summed E-state index contributed by atoms with van der Waals surface area (Å²) in [4.78, 5) is 8.73. The average molecular weight is 313 g/mol. The summed E-state index contributed by atoms with van der Waals surface area (Å²) in [6, 6.07) is 2.07. The number of fused-ring (bicyclic) bond motifs is 1. The number of hydrogen-bond donors (Lipinski definition) is 0. The smallest absolute Gasteiger partial charge is 0.163 e. The second kappa shape index (κ2) is 5.91. The molecule has 23 heavy (non-hydrogen) atoms. The van der Waals surface area contributed by atoms with E-state index in [2.05, 4.69) is 40.2 Å². The Morgan fingerprint density at radius 1 is 1.39 bits per heavy atom. The van der Waals surface area contributed by atoms with Crippen LogP contribution in [-0.4, -0.2) is 33.0 Å². The van der Waals surface area contributed by atoms with Gasteiger partial charge in [-0.3, -0.25) is 0 Å². The lowest BCUT2D eigenvalue weighted by Gasteiger charge is -2.35. The van der Waals surface area contributed by atoms with Crippen LogP contribution in [0.1, 0.15) is 32.5 Å². The molecule has 0 spiro atoms. The molecule has 0 aliphatic carbocycles. The minimum Gasteiger partial charge on any atom is -0.346 e. The van der Waals surface area contributed by atoms with Gasteiger partial charge in [0.1, 0.15) is 12.0 Å². The third kappa shape index (κ3) is 3.07. The van der Waals surface area contributed by atoms with E-state index in [0.29, 0.717) is 6.61 Å². The van der Waals surface area contributed by atoms with Crippen molar-refractivity contribution in [2.24, 2.45) is 0 Å². The van der Waals surface area contributed by atoms with Crippen molar-refractivity contribution in [1.82, 2.24) is 14.5 Å². The predicted molar refractivity (Wildman–Crippen MR) is 90.2 cm³/mol. The van der Waals surface area contributed by atoms with Crippen molar-refractivity contribution in [3.8, 4) is 0 Å². The summed E-state index contributed by atoms with van der Waals surface area (Å²) in [7, 11) is 0. The summed E-state index contributed by atoms with van der Waals surface area (Å²) in [6.07, 6.45) is 7.56. The zero-order chi connectivity index (χ0) is 16.6. The van der Waals surface area contributed by atoms with Crippen LogP contribution >= 0.6 is 0 Å². The minimum absolute atomic E-state index is 0.0120. The fourth-order valence-corrected chi connectivity index (χ4v) is 2.98. The Hall–Kier alpha value is -1.98. The molecular formula is C18H23N3O2. The zero-order valence-corrected chi connectivity index (χ0v) is 14.1. The molecule has 0 N–H and O–H groups in total. The summed E-state index contributed by atoms with van der Waals surface area (Å²) in [6.45, 7) is 12.3. The van der Waals surface area contributed by atoms with Crippen molar-refractivity contribution in [3.05, 3.63) is 48.6 Å². The van der Waals surface area contributed by atoms with Gasteiger partial charge in [0.05, 0.1) is 24.4 Å². The first kappa shape index (κ1) is 15.9. The lowest BCUT2D eigenvalue weighted by molar-refractivity contribution is -0.236. The summed E-state index contributed by atoms with van der Waals surface area (Å²) in [5, 5.41) is 1.06. The predicted octanol–water partition coefficient (Wildman–Crippen LogP) is 3.56. The molecular weight excluding hydrogens is 290 g/mol. The molecule has 3 rings (SSSR count). The van der Waals surface area contributed by atoms with E-state index >= 15 is 0 Å². The highest BCUT2D eigenvalue weighted by Gasteiger charge is 2.30. The number of ether oxygens (including phenoxy) is 2. The van der Waals surface area contributed by atoms with Crippen LogP contribution in [0, 0.1) is 6.92 Å². The molecule has 5 heteroatoms. The van der Waals surface area contributed by atoms with Crippen LogP contribution in [0.15, 0.2) is 42.9 Å². The average Bonchev–Trinajstić information content (AvgIpc) is 2.91. The van der Waals surface area contributed by atoms with Crippen molar-refractivity contribution in [2.75, 3.05) is 6.61 Å². The van der Waals surface area contributed by atoms with Crippen LogP contribution in [-0.2, 0) is 9.47 Å². The quantitative estimate of drug-likeness (QED) is 0.850. The molecule has 0 saturated carbocycles. The van der Waals surface area contributed by atoms with Gasteiger partial charge in [0, 0.05) is 11.6 Å². The van der Waals surface area contributed by atoms with Gasteiger partial charge in [-0.1, -0.05) is 18.7 Å². The summed E-state index contributed by atoms with van der Waals surface area (Å²) in [5.74, 6) is -0.645. The second-order valence-corrected chi connectivity index (χ2v) is 6.37. The molecule has 5 nitrogen and oxygen atoms in total. The molecule has 0 fully saturated rings. The monoisotopic (exact) mass is 313 g/mol. The molecule has 2 aromatic rings. The van der Waals surface area contributed by atoms with Crippen molar-refractivity contribution >= 4 is 11.0 Å². The standard InChI is InChI=1S/C18H23N3O2/c1-6-14-9-16(13(3)23-18(4,5)22-10-14)21-8-7-15-12(2)19-11-20-17(15)21/h6-9,11,13,16H,1,10H2,2-5H3/b14-9-/t13-,16-/m1/s1. The second-order valence-electron chi connectivity index (χ2n) is 6.37. The molecule has 0 bridgehead atoms. The molecule has 1 aliphatic rings. The minimum atomic E-state index is -0.645. The molecule has 0 saturated heterocycles. The summed E-state index contributed by atoms with van der Waals surface area (Å²) >= 11 is 0. The van der Waals surface area contributed by atoms with E-state index in [-0.39, 0.29) is 12.1 Å². The molecule has 0 amide bonds. The number of aryl methyl sites for hydroxylation is 1. The Bertz CT molecular complexity index is 761. The lowest BCUT2D eigenvalue weighted by Crippen LogP contribution is -2.38. The number of aromatic nitrogens is 3. The van der Waals surface area contributed by atoms with E-state index in [4.69, 9.17) is 9.47 Å². The van der Waals surface area contributed by atoms with Crippen LogP contribution < -0.4 is 0 Å². The molecule has 0 unspecified atom stereocenters. The van der Waals surface area contributed by atoms with Gasteiger partial charge in [0.15, 0.2) is 5.79 Å². The van der Waals surface area contributed by atoms with Gasteiger partial charge in [-0.05, 0) is 39.3 Å². The van der Waals surface area contributed by atoms with Crippen LogP contribution in [0.3, 0.4) is 0 Å². The van der Waals surface area contributed by atoms with Crippen LogP contribution in [0.5, 0.6) is 0 Å². The Morgan fingerprint density at radius 2 is 2.17 bits per heavy atom. The number of nitrogens with zero attached hydrogens (tertiary/aromatic N) is 3. The summed E-state index contributed by atoms with van der Waals surface area (Å²) < 4.78 is 14.1. The molecule has 2 aromatic heterocycles. The van der Waals surface area contributed by atoms with E-state index in [1.54, 1.807) is 6.33 Å². The van der Waals surface area contributed by atoms with Crippen LogP contribution in [0.25, 0.3) is 11.0 Å². The first-order chi connectivity index (χ1) is 10.9. The Kier molecular flexibility index (Phi) is 4.08. The molecule has 1 aliphatic heterocycles. The highest BCUT2D eigenvalue weighted by molar-refractivity contribution is 5.78. The topological polar surface area (TPSA) is 49.2 Å². The number of rotatable bonds is 2. The van der Waals surface area contributed by atoms with Crippen LogP contribution in [0.2, 0.25) is 0 Å². The van der Waals surface area contributed by atoms with Crippen LogP contribution in [0.4, 0.5) is 0 Å². The highest BCUT2D eigenvalue weighted by atomic mass is 16.7. The van der Waals surface area contributed by atoms with E-state index in [0.717, 1.165) is 22.3 Å². The molecule has 2 atom stereocenters. The van der Waals surface area contributed by atoms with Gasteiger partial charge in [-0.15, -0.1) is 0 Å². The van der Waals surface area contributed by atoms with E-state index in [9.17, 15) is 0 Å². The maximum absolute atomic E-state index is 6.12. The van der Waals surface area contributed by atoms with E-state index < -0.39 is 5.79 Å². The highest BCUT2D eigenvalue weighted by Crippen LogP contribution is 2.30. The Labute approximate surface area is 136 Å². The third-order valence-electron chi connectivity index (χ3n) is 4.21. The maximum Gasteiger partial charge on any atom is 0.163 e. The van der Waals surface area contributed by atoms with Gasteiger partial charge in [-0.2, -0.15) is 0 Å². The van der Waals surface area contributed by atoms with Crippen molar-refractivity contribution in [3.63, 3.8) is 0 Å². The van der Waals surface area contributed by atoms with Gasteiger partial charge >= 0.3 is 0 Å². The van der Waals surface area contributed by atoms with Gasteiger partial charge < -0.3 is 14.0 Å². The first-order valence-corrected chi connectivity index (χ1v) is 7.84. The first-order valence-electron chi connectivity index (χ1n) is 7.84. The van der Waals surface area contributed by atoms with Gasteiger partial charge in [-0.25, -0.2) is 9.97 Å². The van der Waals surface area contributed by atoms with E-state index in [1.807, 2.05) is 33.0 Å². The van der Waals surface area contributed by atoms with Crippen molar-refractivity contribution in [2.45, 2.75) is 45.6 Å². The maximum atomic E-state index is 6.12. The third-order valence-corrected chi connectivity index (χ3v) is 4.21. The zero-order valence-electron chi connectivity index (χ0n) is 14.1. The molecule has 0 radical (unpaired) electrons. The molecule has 122 valence electrons. The fraction of sp³-hybridized carbons (Fsp3) is 0.444. The fourth-order valence-electron chi connectivity index (χ4n) is 2.98. The largest absolute Gasteiger partial charge is 0.346 e. The lowest BCUT2D eigenvalue weighted by atomic mass is 10.1. The van der Waals surface area contributed by atoms with E-state index in [1.165, 1.54) is 0 Å². The van der Waals surface area contributed by atoms with Gasteiger partial charge in [0.2, 0.25) is 0 Å². The normalized spacial score (nSPS) is 27.0. The Balaban J connectivity index is 2.11. The molecule has 0 aromatic carbocycles. The van der Waals surface area contributed by atoms with Gasteiger partial charge in [0.25, 0.3) is 0 Å². The SMILES string of the molecule is C=C/C1=C/[C@@H](n2ccc3c(C)ncnc32)[C@@H](C)OC(C)(C)OC1. The summed E-state index contributed by atoms with van der Waals surface area (Å²) in [5.41, 5.74) is 2.94.